The van der Waals surface area contributed by atoms with E-state index in [1.807, 2.05) is 16.8 Å². The van der Waals surface area contributed by atoms with Crippen LogP contribution in [-0.4, -0.2) is 16.1 Å². The number of hydrogen-bond acceptors (Lipinski definition) is 3. The van der Waals surface area contributed by atoms with Crippen molar-refractivity contribution in [3.8, 4) is 6.07 Å². The summed E-state index contributed by atoms with van der Waals surface area (Å²) in [5, 5.41) is 8.78. The van der Waals surface area contributed by atoms with Gasteiger partial charge in [0, 0.05) is 19.2 Å². The summed E-state index contributed by atoms with van der Waals surface area (Å²) in [5.74, 6) is -0.397. The number of halogens is 1. The number of aromatic nitrogens is 2. The first-order valence-corrected chi connectivity index (χ1v) is 5.61. The maximum atomic E-state index is 13.3. The third-order valence-electron chi connectivity index (χ3n) is 2.54. The lowest BCUT2D eigenvalue weighted by molar-refractivity contribution is 0.623. The Morgan fingerprint density at radius 2 is 2.22 bits per heavy atom. The van der Waals surface area contributed by atoms with E-state index in [2.05, 4.69) is 4.98 Å². The van der Waals surface area contributed by atoms with Crippen LogP contribution >= 0.6 is 0 Å². The zero-order chi connectivity index (χ0) is 13.0. The van der Waals surface area contributed by atoms with Gasteiger partial charge in [0.1, 0.15) is 5.82 Å². The van der Waals surface area contributed by atoms with Crippen LogP contribution in [0.5, 0.6) is 0 Å². The van der Waals surface area contributed by atoms with E-state index in [0.717, 1.165) is 17.7 Å². The second-order valence-electron chi connectivity index (χ2n) is 4.04. The Kier molecular flexibility index (Phi) is 3.70. The van der Waals surface area contributed by atoms with Crippen LogP contribution in [0.1, 0.15) is 16.8 Å². The van der Waals surface area contributed by atoms with E-state index in [1.165, 1.54) is 12.1 Å². The number of benzene rings is 1. The van der Waals surface area contributed by atoms with E-state index in [4.69, 9.17) is 11.0 Å². The van der Waals surface area contributed by atoms with Crippen molar-refractivity contribution >= 4 is 0 Å². The highest BCUT2D eigenvalue weighted by atomic mass is 19.1. The standard InChI is InChI=1S/C13H13FN4/c14-12-4-10(6-16)3-11(5-12)7-18-8-13(1-2-15)17-9-18/h3-5,8-9H,1-2,7,15H2. The minimum absolute atomic E-state index is 0.326. The van der Waals surface area contributed by atoms with Crippen LogP contribution in [0, 0.1) is 17.1 Å². The molecule has 0 fully saturated rings. The average Bonchev–Trinajstić information content (AvgIpc) is 2.76. The van der Waals surface area contributed by atoms with Crippen LogP contribution in [0.2, 0.25) is 0 Å². The zero-order valence-electron chi connectivity index (χ0n) is 9.81. The Balaban J connectivity index is 2.17. The fourth-order valence-corrected chi connectivity index (χ4v) is 1.79. The molecule has 2 rings (SSSR count). The molecule has 5 heteroatoms. The highest BCUT2D eigenvalue weighted by molar-refractivity contribution is 5.33. The summed E-state index contributed by atoms with van der Waals surface area (Å²) >= 11 is 0. The summed E-state index contributed by atoms with van der Waals surface area (Å²) in [6, 6.07) is 6.25. The van der Waals surface area contributed by atoms with Crippen LogP contribution in [0.4, 0.5) is 4.39 Å². The monoisotopic (exact) mass is 244 g/mol. The van der Waals surface area contributed by atoms with Crippen LogP contribution in [0.25, 0.3) is 0 Å². The number of nitriles is 1. The molecule has 0 unspecified atom stereocenters. The molecule has 0 aliphatic rings. The molecule has 0 radical (unpaired) electrons. The maximum absolute atomic E-state index is 13.3. The Bertz CT molecular complexity index is 583. The van der Waals surface area contributed by atoms with Gasteiger partial charge in [-0.15, -0.1) is 0 Å². The average molecular weight is 244 g/mol. The molecule has 18 heavy (non-hydrogen) atoms. The molecule has 1 aromatic carbocycles. The van der Waals surface area contributed by atoms with Crippen LogP contribution in [-0.2, 0) is 13.0 Å². The second-order valence-corrected chi connectivity index (χ2v) is 4.04. The summed E-state index contributed by atoms with van der Waals surface area (Å²) in [5.41, 5.74) is 7.42. The molecule has 92 valence electrons. The summed E-state index contributed by atoms with van der Waals surface area (Å²) in [4.78, 5) is 4.19. The Morgan fingerprint density at radius 1 is 1.39 bits per heavy atom. The lowest BCUT2D eigenvalue weighted by Crippen LogP contribution is -2.03. The molecule has 0 spiro atoms. The molecule has 0 aliphatic heterocycles. The van der Waals surface area contributed by atoms with Gasteiger partial charge < -0.3 is 10.3 Å². The first kappa shape index (κ1) is 12.3. The molecule has 1 aromatic heterocycles. The first-order chi connectivity index (χ1) is 8.71. The van der Waals surface area contributed by atoms with Gasteiger partial charge in [0.2, 0.25) is 0 Å². The Labute approximate surface area is 104 Å². The van der Waals surface area contributed by atoms with Crippen LogP contribution in [0.3, 0.4) is 0 Å². The number of imidazole rings is 1. The molecule has 2 aromatic rings. The summed E-state index contributed by atoms with van der Waals surface area (Å²) < 4.78 is 15.1. The minimum Gasteiger partial charge on any atom is -0.333 e. The van der Waals surface area contributed by atoms with Crippen molar-refractivity contribution in [1.82, 2.24) is 9.55 Å². The van der Waals surface area contributed by atoms with Crippen LogP contribution < -0.4 is 5.73 Å². The van der Waals surface area contributed by atoms with Crippen molar-refractivity contribution in [2.45, 2.75) is 13.0 Å². The van der Waals surface area contributed by atoms with Crippen molar-refractivity contribution in [3.05, 3.63) is 53.4 Å². The van der Waals surface area contributed by atoms with E-state index in [-0.39, 0.29) is 0 Å². The van der Waals surface area contributed by atoms with Crippen molar-refractivity contribution in [3.63, 3.8) is 0 Å². The third-order valence-corrected chi connectivity index (χ3v) is 2.54. The van der Waals surface area contributed by atoms with Gasteiger partial charge in [0.25, 0.3) is 0 Å². The quantitative estimate of drug-likeness (QED) is 0.885. The lowest BCUT2D eigenvalue weighted by Gasteiger charge is -2.03. The number of rotatable bonds is 4. The molecular weight excluding hydrogens is 231 g/mol. The fraction of sp³-hybridized carbons (Fsp3) is 0.231. The van der Waals surface area contributed by atoms with Gasteiger partial charge in [-0.05, 0) is 30.3 Å². The summed E-state index contributed by atoms with van der Waals surface area (Å²) in [6.07, 6.45) is 4.28. The van der Waals surface area contributed by atoms with Crippen molar-refractivity contribution < 1.29 is 4.39 Å². The molecule has 4 nitrogen and oxygen atoms in total. The van der Waals surface area contributed by atoms with Gasteiger partial charge in [0.05, 0.1) is 23.7 Å². The molecule has 0 aliphatic carbocycles. The molecular formula is C13H13FN4. The van der Waals surface area contributed by atoms with E-state index in [0.29, 0.717) is 18.7 Å². The van der Waals surface area contributed by atoms with E-state index < -0.39 is 5.82 Å². The number of hydrogen-bond donors (Lipinski definition) is 1. The number of nitrogens with zero attached hydrogens (tertiary/aromatic N) is 3. The predicted molar refractivity (Wildman–Crippen MR) is 65.2 cm³/mol. The molecule has 1 heterocycles. The molecule has 0 saturated heterocycles. The Morgan fingerprint density at radius 3 is 2.94 bits per heavy atom. The second kappa shape index (κ2) is 5.43. The first-order valence-electron chi connectivity index (χ1n) is 5.61. The molecule has 2 N–H and O–H groups in total. The minimum atomic E-state index is -0.397. The van der Waals surface area contributed by atoms with Gasteiger partial charge in [0.15, 0.2) is 0 Å². The van der Waals surface area contributed by atoms with E-state index in [1.54, 1.807) is 12.4 Å². The molecule has 0 amide bonds. The van der Waals surface area contributed by atoms with Gasteiger partial charge in [-0.1, -0.05) is 0 Å². The third kappa shape index (κ3) is 2.93. The highest BCUT2D eigenvalue weighted by Crippen LogP contribution is 2.10. The van der Waals surface area contributed by atoms with Gasteiger partial charge in [-0.25, -0.2) is 9.37 Å². The fourth-order valence-electron chi connectivity index (χ4n) is 1.79. The SMILES string of the molecule is N#Cc1cc(F)cc(Cn2cnc(CCN)c2)c1. The molecule has 0 bridgehead atoms. The lowest BCUT2D eigenvalue weighted by atomic mass is 10.1. The van der Waals surface area contributed by atoms with Gasteiger partial charge in [-0.3, -0.25) is 0 Å². The summed E-state index contributed by atoms with van der Waals surface area (Å²) in [6.45, 7) is 1.04. The van der Waals surface area contributed by atoms with Gasteiger partial charge in [-0.2, -0.15) is 5.26 Å². The van der Waals surface area contributed by atoms with E-state index >= 15 is 0 Å². The largest absolute Gasteiger partial charge is 0.333 e. The normalized spacial score (nSPS) is 10.3. The van der Waals surface area contributed by atoms with E-state index in [9.17, 15) is 4.39 Å². The van der Waals surface area contributed by atoms with Gasteiger partial charge >= 0.3 is 0 Å². The summed E-state index contributed by atoms with van der Waals surface area (Å²) in [7, 11) is 0. The number of nitrogens with two attached hydrogens (primary N) is 1. The highest BCUT2D eigenvalue weighted by Gasteiger charge is 2.03. The smallest absolute Gasteiger partial charge is 0.124 e. The maximum Gasteiger partial charge on any atom is 0.124 e. The molecule has 0 atom stereocenters. The zero-order valence-corrected chi connectivity index (χ0v) is 9.81. The van der Waals surface area contributed by atoms with Crippen LogP contribution in [0.15, 0.2) is 30.7 Å². The predicted octanol–water partition coefficient (Wildman–Crippen LogP) is 1.44. The van der Waals surface area contributed by atoms with Crippen molar-refractivity contribution in [1.29, 1.82) is 5.26 Å². The Hall–Kier alpha value is -2.19. The van der Waals surface area contributed by atoms with Crippen molar-refractivity contribution in [2.24, 2.45) is 5.73 Å². The molecule has 0 saturated carbocycles. The van der Waals surface area contributed by atoms with Crippen molar-refractivity contribution in [2.75, 3.05) is 6.54 Å². The topological polar surface area (TPSA) is 67.6 Å².